The molecule has 0 fully saturated rings. The molecule has 0 saturated heterocycles. The van der Waals surface area contributed by atoms with Crippen LogP contribution in [-0.2, 0) is 27.4 Å². The van der Waals surface area contributed by atoms with Gasteiger partial charge in [0.05, 0.1) is 26.1 Å². The fraction of sp³-hybridized carbons (Fsp3) is 0.214. The summed E-state index contributed by atoms with van der Waals surface area (Å²) < 4.78 is 5.14. The number of esters is 1. The number of benzene rings is 3. The van der Waals surface area contributed by atoms with Crippen LogP contribution in [0.1, 0.15) is 16.7 Å². The van der Waals surface area contributed by atoms with Crippen LogP contribution in [0.25, 0.3) is 5.70 Å². The summed E-state index contributed by atoms with van der Waals surface area (Å²) in [5.74, 6) is -0.816. The number of nitrogens with zero attached hydrogens (tertiary/aromatic N) is 2. The first-order valence-corrected chi connectivity index (χ1v) is 11.1. The lowest BCUT2D eigenvalue weighted by molar-refractivity contribution is -0.145. The average Bonchev–Trinajstić information content (AvgIpc) is 2.85. The molecule has 0 aliphatic carbocycles. The number of ether oxygens (including phenoxy) is 1. The van der Waals surface area contributed by atoms with E-state index in [2.05, 4.69) is 0 Å². The molecule has 3 aromatic rings. The Morgan fingerprint density at radius 2 is 1.39 bits per heavy atom. The Bertz CT molecular complexity index is 1100. The minimum absolute atomic E-state index is 0.00629. The van der Waals surface area contributed by atoms with Crippen molar-refractivity contribution >= 4 is 17.6 Å². The highest BCUT2D eigenvalue weighted by atomic mass is 16.5. The Morgan fingerprint density at radius 1 is 0.848 bits per heavy atom. The molecule has 1 unspecified atom stereocenters. The molecule has 0 aromatic heterocycles. The SMILES string of the molecule is COC(=O)C1/C=C(/c2ccccc2)N(Cc2ccccc2)C(=O)CN(Cc2ccccc2)C1. The van der Waals surface area contributed by atoms with Gasteiger partial charge in [0.25, 0.3) is 0 Å². The number of hydrogen-bond donors (Lipinski definition) is 0. The predicted octanol–water partition coefficient (Wildman–Crippen LogP) is 4.36. The fourth-order valence-electron chi connectivity index (χ4n) is 4.14. The minimum Gasteiger partial charge on any atom is -0.469 e. The molecular formula is C28H28N2O3. The molecule has 5 heteroatoms. The summed E-state index contributed by atoms with van der Waals surface area (Å²) in [6, 6.07) is 29.7. The fourth-order valence-corrected chi connectivity index (χ4v) is 4.14. The van der Waals surface area contributed by atoms with Crippen LogP contribution >= 0.6 is 0 Å². The Morgan fingerprint density at radius 3 is 1.97 bits per heavy atom. The first kappa shape index (κ1) is 22.5. The lowest BCUT2D eigenvalue weighted by Gasteiger charge is -2.34. The second-order valence-corrected chi connectivity index (χ2v) is 8.17. The molecule has 33 heavy (non-hydrogen) atoms. The van der Waals surface area contributed by atoms with Crippen molar-refractivity contribution in [1.82, 2.24) is 9.80 Å². The predicted molar refractivity (Wildman–Crippen MR) is 129 cm³/mol. The monoisotopic (exact) mass is 440 g/mol. The molecule has 1 aliphatic rings. The van der Waals surface area contributed by atoms with E-state index in [0.29, 0.717) is 19.6 Å². The van der Waals surface area contributed by atoms with Crippen molar-refractivity contribution in [3.05, 3.63) is 114 Å². The zero-order chi connectivity index (χ0) is 23.0. The van der Waals surface area contributed by atoms with Gasteiger partial charge in [-0.1, -0.05) is 91.0 Å². The molecule has 1 atom stereocenters. The lowest BCUT2D eigenvalue weighted by atomic mass is 10.00. The van der Waals surface area contributed by atoms with Crippen LogP contribution in [0.5, 0.6) is 0 Å². The van der Waals surface area contributed by atoms with Gasteiger partial charge in [0, 0.05) is 18.8 Å². The molecule has 0 saturated carbocycles. The summed E-state index contributed by atoms with van der Waals surface area (Å²) in [6.45, 7) is 1.61. The number of hydrogen-bond acceptors (Lipinski definition) is 4. The van der Waals surface area contributed by atoms with Gasteiger partial charge in [-0.05, 0) is 22.8 Å². The van der Waals surface area contributed by atoms with E-state index >= 15 is 0 Å². The van der Waals surface area contributed by atoms with Gasteiger partial charge in [-0.2, -0.15) is 0 Å². The van der Waals surface area contributed by atoms with E-state index in [-0.39, 0.29) is 18.4 Å². The van der Waals surface area contributed by atoms with Crippen molar-refractivity contribution in [3.8, 4) is 0 Å². The molecule has 0 spiro atoms. The van der Waals surface area contributed by atoms with E-state index in [9.17, 15) is 9.59 Å². The second-order valence-electron chi connectivity index (χ2n) is 8.17. The highest BCUT2D eigenvalue weighted by molar-refractivity contribution is 5.90. The topological polar surface area (TPSA) is 49.9 Å². The zero-order valence-electron chi connectivity index (χ0n) is 18.8. The summed E-state index contributed by atoms with van der Waals surface area (Å²) in [6.07, 6.45) is 1.89. The Hall–Kier alpha value is -3.70. The third-order valence-corrected chi connectivity index (χ3v) is 5.77. The van der Waals surface area contributed by atoms with Crippen LogP contribution in [0.4, 0.5) is 0 Å². The third kappa shape index (κ3) is 5.76. The van der Waals surface area contributed by atoms with Gasteiger partial charge in [0.1, 0.15) is 0 Å². The number of carbonyl (C=O) groups is 2. The van der Waals surface area contributed by atoms with Crippen LogP contribution in [0.3, 0.4) is 0 Å². The van der Waals surface area contributed by atoms with Gasteiger partial charge < -0.3 is 9.64 Å². The molecule has 0 bridgehead atoms. The number of amides is 1. The number of carbonyl (C=O) groups excluding carboxylic acids is 2. The van der Waals surface area contributed by atoms with Crippen LogP contribution in [0, 0.1) is 5.92 Å². The van der Waals surface area contributed by atoms with Crippen molar-refractivity contribution in [1.29, 1.82) is 0 Å². The van der Waals surface area contributed by atoms with Gasteiger partial charge in [-0.3, -0.25) is 14.5 Å². The Balaban J connectivity index is 1.75. The summed E-state index contributed by atoms with van der Waals surface area (Å²) in [7, 11) is 1.41. The minimum atomic E-state index is -0.500. The summed E-state index contributed by atoms with van der Waals surface area (Å²) in [5, 5.41) is 0. The normalized spacial score (nSPS) is 18.7. The van der Waals surface area contributed by atoms with E-state index in [1.54, 1.807) is 4.90 Å². The molecule has 5 nitrogen and oxygen atoms in total. The van der Waals surface area contributed by atoms with Crippen molar-refractivity contribution in [3.63, 3.8) is 0 Å². The Kier molecular flexibility index (Phi) is 7.33. The maximum absolute atomic E-state index is 13.6. The molecule has 168 valence electrons. The highest BCUT2D eigenvalue weighted by Crippen LogP contribution is 2.27. The standard InChI is InChI=1S/C28H28N2O3/c1-33-28(32)25-17-26(24-15-9-4-10-16-24)30(19-23-13-7-3-8-14-23)27(31)21-29(20-25)18-22-11-5-2-6-12-22/h2-17,25H,18-21H2,1H3/b26-17-. The van der Waals surface area contributed by atoms with Crippen LogP contribution in [0.2, 0.25) is 0 Å². The van der Waals surface area contributed by atoms with E-state index < -0.39 is 5.92 Å². The van der Waals surface area contributed by atoms with E-state index in [1.165, 1.54) is 7.11 Å². The second kappa shape index (κ2) is 10.7. The van der Waals surface area contributed by atoms with Gasteiger partial charge >= 0.3 is 5.97 Å². The molecule has 0 N–H and O–H groups in total. The summed E-state index contributed by atoms with van der Waals surface area (Å²) >= 11 is 0. The highest BCUT2D eigenvalue weighted by Gasteiger charge is 2.30. The van der Waals surface area contributed by atoms with Crippen molar-refractivity contribution in [2.24, 2.45) is 5.92 Å². The number of rotatable bonds is 6. The number of methoxy groups -OCH3 is 1. The molecule has 4 rings (SSSR count). The van der Waals surface area contributed by atoms with Crippen molar-refractivity contribution in [2.45, 2.75) is 13.1 Å². The maximum atomic E-state index is 13.6. The molecule has 0 radical (unpaired) electrons. The molecule has 3 aromatic carbocycles. The van der Waals surface area contributed by atoms with Crippen LogP contribution < -0.4 is 0 Å². The molecule has 1 amide bonds. The summed E-state index contributed by atoms with van der Waals surface area (Å²) in [4.78, 5) is 30.2. The first-order chi connectivity index (χ1) is 16.1. The quantitative estimate of drug-likeness (QED) is 0.535. The van der Waals surface area contributed by atoms with Crippen molar-refractivity contribution < 1.29 is 14.3 Å². The van der Waals surface area contributed by atoms with Crippen LogP contribution in [0.15, 0.2) is 97.1 Å². The smallest absolute Gasteiger partial charge is 0.313 e. The van der Waals surface area contributed by atoms with Crippen molar-refractivity contribution in [2.75, 3.05) is 20.2 Å². The zero-order valence-corrected chi connectivity index (χ0v) is 18.8. The molecular weight excluding hydrogens is 412 g/mol. The van der Waals surface area contributed by atoms with E-state index in [1.807, 2.05) is 102 Å². The average molecular weight is 441 g/mol. The van der Waals surface area contributed by atoms with Gasteiger partial charge in [0.2, 0.25) is 5.91 Å². The van der Waals surface area contributed by atoms with E-state index in [4.69, 9.17) is 4.74 Å². The largest absolute Gasteiger partial charge is 0.469 e. The van der Waals surface area contributed by atoms with Gasteiger partial charge in [-0.25, -0.2) is 0 Å². The van der Waals surface area contributed by atoms with E-state index in [0.717, 1.165) is 22.4 Å². The summed E-state index contributed by atoms with van der Waals surface area (Å²) in [5.41, 5.74) is 3.75. The van der Waals surface area contributed by atoms with Gasteiger partial charge in [-0.15, -0.1) is 0 Å². The first-order valence-electron chi connectivity index (χ1n) is 11.1. The Labute approximate surface area is 194 Å². The van der Waals surface area contributed by atoms with Crippen LogP contribution in [-0.4, -0.2) is 41.9 Å². The maximum Gasteiger partial charge on any atom is 0.313 e. The lowest BCUT2D eigenvalue weighted by Crippen LogP contribution is -2.44. The molecule has 1 aliphatic heterocycles. The molecule has 1 heterocycles. The third-order valence-electron chi connectivity index (χ3n) is 5.77. The van der Waals surface area contributed by atoms with Gasteiger partial charge in [0.15, 0.2) is 0 Å².